The minimum absolute atomic E-state index is 0.0704. The maximum absolute atomic E-state index is 9.00. The number of morpholine rings is 1. The zero-order valence-corrected chi connectivity index (χ0v) is 8.26. The van der Waals surface area contributed by atoms with Gasteiger partial charge in [-0.05, 0) is 0 Å². The summed E-state index contributed by atoms with van der Waals surface area (Å²) in [4.78, 5) is 6.39. The summed E-state index contributed by atoms with van der Waals surface area (Å²) in [6.07, 6.45) is 3.61. The molecule has 1 unspecified atom stereocenters. The molecular weight excluding hydrogens is 182 g/mol. The molecule has 1 atom stereocenters. The van der Waals surface area contributed by atoms with Gasteiger partial charge in [-0.15, -0.1) is 0 Å². The Balaban J connectivity index is 2.08. The molecule has 0 aliphatic carbocycles. The lowest BCUT2D eigenvalue weighted by Crippen LogP contribution is -2.45. The van der Waals surface area contributed by atoms with Crippen LogP contribution in [-0.2, 0) is 11.8 Å². The molecule has 2 heterocycles. The van der Waals surface area contributed by atoms with Crippen LogP contribution in [0, 0.1) is 0 Å². The first-order valence-electron chi connectivity index (χ1n) is 4.76. The highest BCUT2D eigenvalue weighted by Crippen LogP contribution is 2.14. The Labute approximate surface area is 82.9 Å². The number of nitrogens with zero attached hydrogens (tertiary/aromatic N) is 3. The average molecular weight is 197 g/mol. The number of aryl methyl sites for hydroxylation is 1. The molecule has 1 aliphatic heterocycles. The van der Waals surface area contributed by atoms with Gasteiger partial charge in [0.2, 0.25) is 5.95 Å². The Morgan fingerprint density at radius 2 is 2.57 bits per heavy atom. The molecule has 1 aliphatic rings. The van der Waals surface area contributed by atoms with E-state index < -0.39 is 0 Å². The summed E-state index contributed by atoms with van der Waals surface area (Å²) >= 11 is 0. The van der Waals surface area contributed by atoms with Gasteiger partial charge in [-0.2, -0.15) is 0 Å². The molecule has 0 aromatic carbocycles. The summed E-state index contributed by atoms with van der Waals surface area (Å²) in [5, 5.41) is 9.00. The predicted molar refractivity (Wildman–Crippen MR) is 52.2 cm³/mol. The lowest BCUT2D eigenvalue weighted by atomic mass is 10.3. The highest BCUT2D eigenvalue weighted by molar-refractivity contribution is 5.31. The van der Waals surface area contributed by atoms with Gasteiger partial charge in [0.15, 0.2) is 0 Å². The van der Waals surface area contributed by atoms with Gasteiger partial charge in [0.1, 0.15) is 0 Å². The van der Waals surface area contributed by atoms with E-state index in [1.165, 1.54) is 0 Å². The van der Waals surface area contributed by atoms with Gasteiger partial charge in [0, 0.05) is 32.5 Å². The molecule has 1 N–H and O–H groups in total. The first-order valence-corrected chi connectivity index (χ1v) is 4.76. The minimum Gasteiger partial charge on any atom is -0.394 e. The maximum atomic E-state index is 9.00. The van der Waals surface area contributed by atoms with E-state index in [2.05, 4.69) is 9.88 Å². The van der Waals surface area contributed by atoms with Crippen LogP contribution in [0.1, 0.15) is 0 Å². The van der Waals surface area contributed by atoms with Gasteiger partial charge < -0.3 is 19.3 Å². The number of imidazole rings is 1. The average Bonchev–Trinajstić information content (AvgIpc) is 2.65. The van der Waals surface area contributed by atoms with E-state index in [0.717, 1.165) is 12.5 Å². The smallest absolute Gasteiger partial charge is 0.205 e. The van der Waals surface area contributed by atoms with Crippen molar-refractivity contribution in [2.24, 2.45) is 7.05 Å². The molecule has 5 nitrogen and oxygen atoms in total. The SMILES string of the molecule is Cn1ccnc1N1CCOC(CO)C1. The molecule has 2 rings (SSSR count). The van der Waals surface area contributed by atoms with Gasteiger partial charge in [-0.1, -0.05) is 0 Å². The molecule has 1 saturated heterocycles. The zero-order chi connectivity index (χ0) is 9.97. The maximum Gasteiger partial charge on any atom is 0.205 e. The molecule has 0 amide bonds. The van der Waals surface area contributed by atoms with Gasteiger partial charge in [-0.25, -0.2) is 4.98 Å². The third kappa shape index (κ3) is 1.73. The van der Waals surface area contributed by atoms with Crippen molar-refractivity contribution in [3.05, 3.63) is 12.4 Å². The van der Waals surface area contributed by atoms with Crippen molar-refractivity contribution in [3.8, 4) is 0 Å². The molecule has 0 saturated carbocycles. The second kappa shape index (κ2) is 3.98. The third-order valence-electron chi connectivity index (χ3n) is 2.42. The molecule has 5 heteroatoms. The van der Waals surface area contributed by atoms with Crippen molar-refractivity contribution in [2.45, 2.75) is 6.10 Å². The normalized spacial score (nSPS) is 22.7. The van der Waals surface area contributed by atoms with E-state index in [4.69, 9.17) is 9.84 Å². The summed E-state index contributed by atoms with van der Waals surface area (Å²) in [6.45, 7) is 2.27. The van der Waals surface area contributed by atoms with Gasteiger partial charge >= 0.3 is 0 Å². The Hall–Kier alpha value is -1.07. The molecule has 78 valence electrons. The summed E-state index contributed by atoms with van der Waals surface area (Å²) in [5.41, 5.74) is 0. The van der Waals surface area contributed by atoms with Crippen LogP contribution < -0.4 is 4.90 Å². The fraction of sp³-hybridized carbons (Fsp3) is 0.667. The fourth-order valence-electron chi connectivity index (χ4n) is 1.67. The van der Waals surface area contributed by atoms with Crippen molar-refractivity contribution < 1.29 is 9.84 Å². The Morgan fingerprint density at radius 3 is 3.21 bits per heavy atom. The van der Waals surface area contributed by atoms with Crippen molar-refractivity contribution in [2.75, 3.05) is 31.2 Å². The van der Waals surface area contributed by atoms with E-state index in [9.17, 15) is 0 Å². The van der Waals surface area contributed by atoms with Crippen LogP contribution in [0.2, 0.25) is 0 Å². The second-order valence-corrected chi connectivity index (χ2v) is 3.46. The third-order valence-corrected chi connectivity index (χ3v) is 2.42. The first-order chi connectivity index (χ1) is 6.81. The molecule has 1 aromatic rings. The van der Waals surface area contributed by atoms with Crippen LogP contribution >= 0.6 is 0 Å². The number of anilines is 1. The predicted octanol–water partition coefficient (Wildman–Crippen LogP) is -0.382. The van der Waals surface area contributed by atoms with E-state index in [0.29, 0.717) is 13.2 Å². The molecule has 0 bridgehead atoms. The van der Waals surface area contributed by atoms with Gasteiger partial charge in [0.05, 0.1) is 19.3 Å². The van der Waals surface area contributed by atoms with Crippen LogP contribution in [0.5, 0.6) is 0 Å². The van der Waals surface area contributed by atoms with Gasteiger partial charge in [-0.3, -0.25) is 0 Å². The number of aliphatic hydroxyl groups excluding tert-OH is 1. The van der Waals surface area contributed by atoms with E-state index >= 15 is 0 Å². The monoisotopic (exact) mass is 197 g/mol. The summed E-state index contributed by atoms with van der Waals surface area (Å²) in [7, 11) is 1.96. The lowest BCUT2D eigenvalue weighted by molar-refractivity contribution is 0.00302. The molecule has 1 aromatic heterocycles. The number of ether oxygens (including phenoxy) is 1. The number of hydrogen-bond acceptors (Lipinski definition) is 4. The van der Waals surface area contributed by atoms with Crippen LogP contribution in [-0.4, -0.2) is 47.1 Å². The number of aliphatic hydroxyl groups is 1. The van der Waals surface area contributed by atoms with Crippen LogP contribution in [0.4, 0.5) is 5.95 Å². The molecule has 0 radical (unpaired) electrons. The largest absolute Gasteiger partial charge is 0.394 e. The highest BCUT2D eigenvalue weighted by atomic mass is 16.5. The van der Waals surface area contributed by atoms with Crippen molar-refractivity contribution in [1.29, 1.82) is 0 Å². The fourth-order valence-corrected chi connectivity index (χ4v) is 1.67. The topological polar surface area (TPSA) is 50.5 Å². The second-order valence-electron chi connectivity index (χ2n) is 3.46. The van der Waals surface area contributed by atoms with Crippen molar-refractivity contribution in [3.63, 3.8) is 0 Å². The Kier molecular flexibility index (Phi) is 2.69. The Morgan fingerprint density at radius 1 is 1.71 bits per heavy atom. The lowest BCUT2D eigenvalue weighted by Gasteiger charge is -2.32. The Bertz CT molecular complexity index is 300. The number of rotatable bonds is 2. The van der Waals surface area contributed by atoms with Crippen LogP contribution in [0.3, 0.4) is 0 Å². The van der Waals surface area contributed by atoms with Gasteiger partial charge in [0.25, 0.3) is 0 Å². The van der Waals surface area contributed by atoms with Crippen LogP contribution in [0.15, 0.2) is 12.4 Å². The summed E-state index contributed by atoms with van der Waals surface area (Å²) < 4.78 is 7.34. The number of hydrogen-bond donors (Lipinski definition) is 1. The van der Waals surface area contributed by atoms with E-state index in [-0.39, 0.29) is 12.7 Å². The molecule has 1 fully saturated rings. The highest BCUT2D eigenvalue weighted by Gasteiger charge is 2.21. The van der Waals surface area contributed by atoms with Crippen LogP contribution in [0.25, 0.3) is 0 Å². The summed E-state index contributed by atoms with van der Waals surface area (Å²) in [5.74, 6) is 0.937. The molecular formula is C9H15N3O2. The summed E-state index contributed by atoms with van der Waals surface area (Å²) in [6, 6.07) is 0. The van der Waals surface area contributed by atoms with E-state index in [1.54, 1.807) is 6.20 Å². The zero-order valence-electron chi connectivity index (χ0n) is 8.26. The first kappa shape index (κ1) is 9.48. The minimum atomic E-state index is -0.0829. The molecule has 14 heavy (non-hydrogen) atoms. The van der Waals surface area contributed by atoms with Crippen molar-refractivity contribution >= 4 is 5.95 Å². The quantitative estimate of drug-likeness (QED) is 0.702. The standard InChI is InChI=1S/C9H15N3O2/c1-11-3-2-10-9(11)12-4-5-14-8(6-12)7-13/h2-3,8,13H,4-7H2,1H3. The van der Waals surface area contributed by atoms with E-state index in [1.807, 2.05) is 17.8 Å². The molecule has 0 spiro atoms. The number of aromatic nitrogens is 2. The van der Waals surface area contributed by atoms with Crippen molar-refractivity contribution in [1.82, 2.24) is 9.55 Å².